The second-order valence-electron chi connectivity index (χ2n) is 5.53. The molecule has 0 atom stereocenters. The van der Waals surface area contributed by atoms with Crippen molar-refractivity contribution in [1.29, 1.82) is 0 Å². The third kappa shape index (κ3) is 3.15. The molecule has 1 aliphatic rings. The van der Waals surface area contributed by atoms with Crippen LogP contribution >= 0.6 is 0 Å². The van der Waals surface area contributed by atoms with Gasteiger partial charge in [-0.3, -0.25) is 0 Å². The van der Waals surface area contributed by atoms with Crippen molar-refractivity contribution < 1.29 is 0 Å². The summed E-state index contributed by atoms with van der Waals surface area (Å²) in [6, 6.07) is 3.19. The van der Waals surface area contributed by atoms with Crippen LogP contribution in [0.4, 0.5) is 0 Å². The Morgan fingerprint density at radius 1 is 1.39 bits per heavy atom. The fourth-order valence-corrected chi connectivity index (χ4v) is 2.71. The highest BCUT2D eigenvalue weighted by Crippen LogP contribution is 2.24. The van der Waals surface area contributed by atoms with E-state index in [4.69, 9.17) is 0 Å². The first-order valence-electron chi connectivity index (χ1n) is 7.20. The molecular formula is C15H27N3. The molecule has 1 saturated carbocycles. The normalized spacial score (nSPS) is 15.6. The smallest absolute Gasteiger partial charge is 0.0223 e. The molecule has 0 aromatic carbocycles. The van der Waals surface area contributed by atoms with Gasteiger partial charge in [-0.05, 0) is 52.3 Å². The topological polar surface area (TPSA) is 20.2 Å². The summed E-state index contributed by atoms with van der Waals surface area (Å²) in [5, 5.41) is 3.57. The molecule has 3 nitrogen and oxygen atoms in total. The van der Waals surface area contributed by atoms with E-state index in [1.54, 1.807) is 0 Å². The van der Waals surface area contributed by atoms with E-state index in [1.807, 2.05) is 0 Å². The average Bonchev–Trinajstić information content (AvgIpc) is 3.13. The largest absolute Gasteiger partial charge is 0.349 e. The lowest BCUT2D eigenvalue weighted by Crippen LogP contribution is -2.30. The Labute approximate surface area is 111 Å². The van der Waals surface area contributed by atoms with Gasteiger partial charge in [0, 0.05) is 43.6 Å². The van der Waals surface area contributed by atoms with Gasteiger partial charge in [0.2, 0.25) is 0 Å². The number of aromatic nitrogens is 1. The van der Waals surface area contributed by atoms with E-state index in [0.717, 1.165) is 32.2 Å². The minimum absolute atomic E-state index is 0.872. The van der Waals surface area contributed by atoms with Crippen molar-refractivity contribution in [3.63, 3.8) is 0 Å². The van der Waals surface area contributed by atoms with Gasteiger partial charge in [0.05, 0.1) is 0 Å². The quantitative estimate of drug-likeness (QED) is 0.748. The van der Waals surface area contributed by atoms with E-state index >= 15 is 0 Å². The third-order valence-electron chi connectivity index (χ3n) is 4.12. The summed E-state index contributed by atoms with van der Waals surface area (Å²) in [5.74, 6) is 0. The molecule has 3 heteroatoms. The van der Waals surface area contributed by atoms with Gasteiger partial charge < -0.3 is 14.8 Å². The standard InChI is InChI=1S/C15H27N3/c1-5-18-12(2)10-14(13(18)3)11-16-8-9-17(4)15-6-7-15/h10,15-16H,5-9,11H2,1-4H3. The van der Waals surface area contributed by atoms with Gasteiger partial charge in [0.1, 0.15) is 0 Å². The molecule has 0 radical (unpaired) electrons. The molecule has 1 fully saturated rings. The highest BCUT2D eigenvalue weighted by Gasteiger charge is 2.25. The Hall–Kier alpha value is -0.800. The monoisotopic (exact) mass is 249 g/mol. The number of aryl methyl sites for hydroxylation is 1. The first-order valence-corrected chi connectivity index (χ1v) is 7.20. The number of nitrogens with zero attached hydrogens (tertiary/aromatic N) is 2. The lowest BCUT2D eigenvalue weighted by atomic mass is 10.2. The first-order chi connectivity index (χ1) is 8.63. The maximum Gasteiger partial charge on any atom is 0.0223 e. The van der Waals surface area contributed by atoms with Crippen molar-refractivity contribution in [2.45, 2.75) is 52.7 Å². The van der Waals surface area contributed by atoms with Crippen molar-refractivity contribution >= 4 is 0 Å². The zero-order valence-corrected chi connectivity index (χ0v) is 12.3. The number of nitrogens with one attached hydrogen (secondary N) is 1. The van der Waals surface area contributed by atoms with Gasteiger partial charge in [0.15, 0.2) is 0 Å². The minimum Gasteiger partial charge on any atom is -0.349 e. The Bertz CT molecular complexity index is 391. The zero-order valence-electron chi connectivity index (χ0n) is 12.3. The van der Waals surface area contributed by atoms with Crippen molar-refractivity contribution in [1.82, 2.24) is 14.8 Å². The lowest BCUT2D eigenvalue weighted by molar-refractivity contribution is 0.321. The molecule has 0 aliphatic heterocycles. The fourth-order valence-electron chi connectivity index (χ4n) is 2.71. The summed E-state index contributed by atoms with van der Waals surface area (Å²) >= 11 is 0. The molecule has 0 saturated heterocycles. The van der Waals surface area contributed by atoms with Crippen molar-refractivity contribution in [2.24, 2.45) is 0 Å². The van der Waals surface area contributed by atoms with E-state index in [-0.39, 0.29) is 0 Å². The van der Waals surface area contributed by atoms with Crippen LogP contribution in [-0.2, 0) is 13.1 Å². The van der Waals surface area contributed by atoms with Crippen LogP contribution < -0.4 is 5.32 Å². The number of likely N-dealkylation sites (N-methyl/N-ethyl adjacent to an activating group) is 1. The summed E-state index contributed by atoms with van der Waals surface area (Å²) in [4.78, 5) is 2.47. The Balaban J connectivity index is 1.75. The van der Waals surface area contributed by atoms with Crippen LogP contribution in [0, 0.1) is 13.8 Å². The molecule has 1 aliphatic carbocycles. The maximum absolute atomic E-state index is 3.57. The Morgan fingerprint density at radius 2 is 2.11 bits per heavy atom. The summed E-state index contributed by atoms with van der Waals surface area (Å²) in [7, 11) is 2.24. The summed E-state index contributed by atoms with van der Waals surface area (Å²) in [6.07, 6.45) is 2.79. The van der Waals surface area contributed by atoms with Gasteiger partial charge in [-0.25, -0.2) is 0 Å². The zero-order chi connectivity index (χ0) is 13.1. The van der Waals surface area contributed by atoms with Gasteiger partial charge in [-0.2, -0.15) is 0 Å². The SMILES string of the molecule is CCn1c(C)cc(CNCCN(C)C2CC2)c1C. The van der Waals surface area contributed by atoms with Crippen LogP contribution in [0.5, 0.6) is 0 Å². The van der Waals surface area contributed by atoms with Crippen LogP contribution in [0.25, 0.3) is 0 Å². The van der Waals surface area contributed by atoms with Gasteiger partial charge in [-0.1, -0.05) is 0 Å². The van der Waals surface area contributed by atoms with Crippen LogP contribution in [-0.4, -0.2) is 35.6 Å². The number of rotatable bonds is 7. The summed E-state index contributed by atoms with van der Waals surface area (Å²) in [5.41, 5.74) is 4.24. The Kier molecular flexibility index (Phi) is 4.46. The predicted molar refractivity (Wildman–Crippen MR) is 76.9 cm³/mol. The molecule has 18 heavy (non-hydrogen) atoms. The molecule has 102 valence electrons. The van der Waals surface area contributed by atoms with E-state index in [2.05, 4.69) is 48.7 Å². The van der Waals surface area contributed by atoms with Crippen LogP contribution in [0.2, 0.25) is 0 Å². The molecule has 0 bridgehead atoms. The van der Waals surface area contributed by atoms with Gasteiger partial charge >= 0.3 is 0 Å². The third-order valence-corrected chi connectivity index (χ3v) is 4.12. The molecule has 0 unspecified atom stereocenters. The fraction of sp³-hybridized carbons (Fsp3) is 0.733. The van der Waals surface area contributed by atoms with Crippen LogP contribution in [0.15, 0.2) is 6.07 Å². The highest BCUT2D eigenvalue weighted by atomic mass is 15.2. The second-order valence-corrected chi connectivity index (χ2v) is 5.53. The summed E-state index contributed by atoms with van der Waals surface area (Å²) < 4.78 is 2.38. The molecule has 0 amide bonds. The van der Waals surface area contributed by atoms with E-state index < -0.39 is 0 Å². The van der Waals surface area contributed by atoms with Crippen molar-refractivity contribution in [2.75, 3.05) is 20.1 Å². The predicted octanol–water partition coefficient (Wildman–Crippen LogP) is 2.31. The molecule has 1 aromatic rings. The lowest BCUT2D eigenvalue weighted by Gasteiger charge is -2.15. The molecular weight excluding hydrogens is 222 g/mol. The van der Waals surface area contributed by atoms with Crippen molar-refractivity contribution in [3.05, 3.63) is 23.0 Å². The average molecular weight is 249 g/mol. The molecule has 1 N–H and O–H groups in total. The van der Waals surface area contributed by atoms with Gasteiger partial charge in [0.25, 0.3) is 0 Å². The highest BCUT2D eigenvalue weighted by molar-refractivity contribution is 5.26. The number of hydrogen-bond donors (Lipinski definition) is 1. The van der Waals surface area contributed by atoms with E-state index in [0.29, 0.717) is 0 Å². The molecule has 1 aromatic heterocycles. The second kappa shape index (κ2) is 5.89. The maximum atomic E-state index is 3.57. The van der Waals surface area contributed by atoms with Crippen LogP contribution in [0.3, 0.4) is 0 Å². The Morgan fingerprint density at radius 3 is 2.67 bits per heavy atom. The minimum atomic E-state index is 0.872. The molecule has 0 spiro atoms. The summed E-state index contributed by atoms with van der Waals surface area (Å²) in [6.45, 7) is 11.0. The van der Waals surface area contributed by atoms with Gasteiger partial charge in [-0.15, -0.1) is 0 Å². The van der Waals surface area contributed by atoms with Crippen molar-refractivity contribution in [3.8, 4) is 0 Å². The number of hydrogen-bond acceptors (Lipinski definition) is 2. The van der Waals surface area contributed by atoms with E-state index in [9.17, 15) is 0 Å². The molecule has 2 rings (SSSR count). The van der Waals surface area contributed by atoms with Crippen LogP contribution in [0.1, 0.15) is 36.7 Å². The molecule has 1 heterocycles. The van der Waals surface area contributed by atoms with E-state index in [1.165, 1.54) is 29.8 Å². The first kappa shape index (κ1) is 13.6.